The monoisotopic (exact) mass is 219 g/mol. The third kappa shape index (κ3) is 2.28. The fourth-order valence-electron chi connectivity index (χ4n) is 1.69. The van der Waals surface area contributed by atoms with E-state index in [0.717, 1.165) is 29.7 Å². The molecule has 0 spiro atoms. The van der Waals surface area contributed by atoms with Crippen LogP contribution >= 0.6 is 0 Å². The molecule has 0 bridgehead atoms. The topological polar surface area (TPSA) is 54.7 Å². The van der Waals surface area contributed by atoms with Gasteiger partial charge in [-0.3, -0.25) is 5.10 Å². The lowest BCUT2D eigenvalue weighted by atomic mass is 10.0. The van der Waals surface area contributed by atoms with E-state index < -0.39 is 0 Å². The maximum Gasteiger partial charge on any atom is 0.123 e. The highest BCUT2D eigenvalue weighted by molar-refractivity contribution is 5.65. The Morgan fingerprint density at radius 2 is 2.25 bits per heavy atom. The molecule has 0 unspecified atom stereocenters. The standard InChI is InChI=1S/C12H14FN3/c13-10-4-1-3-9(7-10)11-8-15-16-12(11)5-2-6-14/h1,3-4,7-8H,2,5-6,14H2,(H,15,16). The highest BCUT2D eigenvalue weighted by atomic mass is 19.1. The predicted molar refractivity (Wildman–Crippen MR) is 61.4 cm³/mol. The number of nitrogens with zero attached hydrogens (tertiary/aromatic N) is 1. The number of nitrogens with one attached hydrogen (secondary N) is 1. The van der Waals surface area contributed by atoms with Crippen LogP contribution in [0.5, 0.6) is 0 Å². The number of benzene rings is 1. The van der Waals surface area contributed by atoms with E-state index in [0.29, 0.717) is 6.54 Å². The van der Waals surface area contributed by atoms with Gasteiger partial charge in [-0.05, 0) is 37.1 Å². The van der Waals surface area contributed by atoms with Gasteiger partial charge in [-0.1, -0.05) is 12.1 Å². The lowest BCUT2D eigenvalue weighted by Crippen LogP contribution is -2.01. The molecule has 0 aliphatic rings. The Kier molecular flexibility index (Phi) is 3.31. The van der Waals surface area contributed by atoms with Crippen LogP contribution < -0.4 is 5.73 Å². The van der Waals surface area contributed by atoms with Crippen molar-refractivity contribution < 1.29 is 4.39 Å². The summed E-state index contributed by atoms with van der Waals surface area (Å²) in [5.74, 6) is -0.233. The van der Waals surface area contributed by atoms with E-state index in [1.807, 2.05) is 6.07 Å². The quantitative estimate of drug-likeness (QED) is 0.827. The average molecular weight is 219 g/mol. The fourth-order valence-corrected chi connectivity index (χ4v) is 1.69. The Bertz CT molecular complexity index is 465. The van der Waals surface area contributed by atoms with Gasteiger partial charge in [-0.15, -0.1) is 0 Å². The lowest BCUT2D eigenvalue weighted by Gasteiger charge is -2.02. The van der Waals surface area contributed by atoms with Crippen LogP contribution in [-0.2, 0) is 6.42 Å². The molecule has 1 aromatic heterocycles. The maximum atomic E-state index is 13.1. The molecule has 0 atom stereocenters. The molecule has 0 fully saturated rings. The first-order valence-corrected chi connectivity index (χ1v) is 5.29. The number of aryl methyl sites for hydroxylation is 1. The number of hydrogen-bond donors (Lipinski definition) is 2. The minimum absolute atomic E-state index is 0.233. The number of H-pyrrole nitrogens is 1. The second-order valence-corrected chi connectivity index (χ2v) is 3.66. The highest BCUT2D eigenvalue weighted by Gasteiger charge is 2.07. The molecule has 16 heavy (non-hydrogen) atoms. The first kappa shape index (κ1) is 10.8. The van der Waals surface area contributed by atoms with Crippen LogP contribution in [-0.4, -0.2) is 16.7 Å². The van der Waals surface area contributed by atoms with E-state index >= 15 is 0 Å². The Labute approximate surface area is 93.5 Å². The molecule has 2 rings (SSSR count). The fraction of sp³-hybridized carbons (Fsp3) is 0.250. The van der Waals surface area contributed by atoms with E-state index in [1.54, 1.807) is 12.3 Å². The van der Waals surface area contributed by atoms with Crippen molar-refractivity contribution in [2.75, 3.05) is 6.54 Å². The van der Waals surface area contributed by atoms with Crippen molar-refractivity contribution in [1.29, 1.82) is 0 Å². The number of nitrogens with two attached hydrogens (primary N) is 1. The summed E-state index contributed by atoms with van der Waals surface area (Å²) in [5, 5.41) is 6.92. The summed E-state index contributed by atoms with van der Waals surface area (Å²) < 4.78 is 13.1. The van der Waals surface area contributed by atoms with E-state index in [2.05, 4.69) is 10.2 Å². The largest absolute Gasteiger partial charge is 0.330 e. The highest BCUT2D eigenvalue weighted by Crippen LogP contribution is 2.23. The van der Waals surface area contributed by atoms with Crippen molar-refractivity contribution >= 4 is 0 Å². The smallest absolute Gasteiger partial charge is 0.123 e. The Balaban J connectivity index is 2.29. The minimum atomic E-state index is -0.233. The van der Waals surface area contributed by atoms with Crippen molar-refractivity contribution in [3.63, 3.8) is 0 Å². The molecule has 0 aliphatic carbocycles. The molecule has 3 nitrogen and oxygen atoms in total. The molecule has 4 heteroatoms. The second kappa shape index (κ2) is 4.90. The molecule has 3 N–H and O–H groups in total. The van der Waals surface area contributed by atoms with Crippen LogP contribution in [0.15, 0.2) is 30.5 Å². The number of aromatic nitrogens is 2. The Morgan fingerprint density at radius 3 is 3.00 bits per heavy atom. The Morgan fingerprint density at radius 1 is 1.38 bits per heavy atom. The van der Waals surface area contributed by atoms with Gasteiger partial charge >= 0.3 is 0 Å². The van der Waals surface area contributed by atoms with Gasteiger partial charge in [0.2, 0.25) is 0 Å². The maximum absolute atomic E-state index is 13.1. The van der Waals surface area contributed by atoms with Crippen LogP contribution in [0.1, 0.15) is 12.1 Å². The summed E-state index contributed by atoms with van der Waals surface area (Å²) in [6.45, 7) is 0.640. The molecule has 1 aromatic carbocycles. The number of aromatic amines is 1. The van der Waals surface area contributed by atoms with Crippen LogP contribution in [0.2, 0.25) is 0 Å². The SMILES string of the molecule is NCCCc1[nH]ncc1-c1cccc(F)c1. The van der Waals surface area contributed by atoms with Crippen LogP contribution in [0.25, 0.3) is 11.1 Å². The molecule has 0 amide bonds. The second-order valence-electron chi connectivity index (χ2n) is 3.66. The molecule has 0 aliphatic heterocycles. The van der Waals surface area contributed by atoms with Crippen LogP contribution in [0.4, 0.5) is 4.39 Å². The van der Waals surface area contributed by atoms with Crippen molar-refractivity contribution in [2.45, 2.75) is 12.8 Å². The summed E-state index contributed by atoms with van der Waals surface area (Å²) in [5.41, 5.74) is 8.27. The molecule has 1 heterocycles. The van der Waals surface area contributed by atoms with Crippen LogP contribution in [0, 0.1) is 5.82 Å². The lowest BCUT2D eigenvalue weighted by molar-refractivity contribution is 0.628. The molecule has 0 saturated heterocycles. The third-order valence-corrected chi connectivity index (χ3v) is 2.48. The van der Waals surface area contributed by atoms with Gasteiger partial charge in [-0.2, -0.15) is 5.10 Å². The zero-order chi connectivity index (χ0) is 11.4. The molecule has 0 saturated carbocycles. The summed E-state index contributed by atoms with van der Waals surface area (Å²) in [6, 6.07) is 6.52. The molecular weight excluding hydrogens is 205 g/mol. The van der Waals surface area contributed by atoms with Crippen molar-refractivity contribution in [3.8, 4) is 11.1 Å². The van der Waals surface area contributed by atoms with Gasteiger partial charge in [0.1, 0.15) is 5.82 Å². The predicted octanol–water partition coefficient (Wildman–Crippen LogP) is 2.11. The van der Waals surface area contributed by atoms with Gasteiger partial charge in [0, 0.05) is 11.3 Å². The van der Waals surface area contributed by atoms with Crippen molar-refractivity contribution in [3.05, 3.63) is 42.0 Å². The van der Waals surface area contributed by atoms with Gasteiger partial charge in [-0.25, -0.2) is 4.39 Å². The first-order valence-electron chi connectivity index (χ1n) is 5.29. The summed E-state index contributed by atoms with van der Waals surface area (Å²) in [7, 11) is 0. The first-order chi connectivity index (χ1) is 7.81. The van der Waals surface area contributed by atoms with Gasteiger partial charge in [0.15, 0.2) is 0 Å². The minimum Gasteiger partial charge on any atom is -0.330 e. The molecule has 0 radical (unpaired) electrons. The van der Waals surface area contributed by atoms with Gasteiger partial charge < -0.3 is 5.73 Å². The zero-order valence-corrected chi connectivity index (χ0v) is 8.91. The van der Waals surface area contributed by atoms with Crippen molar-refractivity contribution in [1.82, 2.24) is 10.2 Å². The normalized spacial score (nSPS) is 10.6. The zero-order valence-electron chi connectivity index (χ0n) is 8.91. The molecular formula is C12H14FN3. The van der Waals surface area contributed by atoms with Gasteiger partial charge in [0.25, 0.3) is 0 Å². The average Bonchev–Trinajstić information content (AvgIpc) is 2.74. The van der Waals surface area contributed by atoms with Gasteiger partial charge in [0.05, 0.1) is 6.20 Å². The van der Waals surface area contributed by atoms with Crippen molar-refractivity contribution in [2.24, 2.45) is 5.73 Å². The molecule has 84 valence electrons. The third-order valence-electron chi connectivity index (χ3n) is 2.48. The van der Waals surface area contributed by atoms with E-state index in [1.165, 1.54) is 12.1 Å². The van der Waals surface area contributed by atoms with Crippen LogP contribution in [0.3, 0.4) is 0 Å². The number of rotatable bonds is 4. The Hall–Kier alpha value is -1.68. The van der Waals surface area contributed by atoms with E-state index in [9.17, 15) is 4.39 Å². The molecule has 2 aromatic rings. The number of halogens is 1. The summed E-state index contributed by atoms with van der Waals surface area (Å²) in [4.78, 5) is 0. The van der Waals surface area contributed by atoms with E-state index in [-0.39, 0.29) is 5.82 Å². The van der Waals surface area contributed by atoms with E-state index in [4.69, 9.17) is 5.73 Å². The summed E-state index contributed by atoms with van der Waals surface area (Å²) >= 11 is 0. The summed E-state index contributed by atoms with van der Waals surface area (Å²) in [6.07, 6.45) is 3.45. The number of hydrogen-bond acceptors (Lipinski definition) is 2.